The zero-order valence-electron chi connectivity index (χ0n) is 10.9. The summed E-state index contributed by atoms with van der Waals surface area (Å²) in [5.41, 5.74) is 1.67. The molecule has 3 aromatic heterocycles. The second-order valence-corrected chi connectivity index (χ2v) is 5.20. The van der Waals surface area contributed by atoms with Gasteiger partial charge in [-0.2, -0.15) is 0 Å². The molecule has 0 aromatic carbocycles. The Morgan fingerprint density at radius 1 is 1.10 bits per heavy atom. The number of nitrogens with zero attached hydrogens (tertiary/aromatic N) is 4. The highest BCUT2D eigenvalue weighted by Gasteiger charge is 2.14. The van der Waals surface area contributed by atoms with Crippen LogP contribution in [-0.4, -0.2) is 25.9 Å². The van der Waals surface area contributed by atoms with Crippen LogP contribution >= 0.6 is 11.8 Å². The summed E-state index contributed by atoms with van der Waals surface area (Å²) in [5.74, 6) is 1.88. The zero-order valence-corrected chi connectivity index (χ0v) is 11.7. The lowest BCUT2D eigenvalue weighted by Crippen LogP contribution is -1.86. The normalized spacial score (nSPS) is 10.7. The van der Waals surface area contributed by atoms with E-state index in [0.29, 0.717) is 11.8 Å². The fraction of sp³-hybridized carbons (Fsp3) is 0.143. The Hall–Kier alpha value is -2.21. The fourth-order valence-corrected chi connectivity index (χ4v) is 2.46. The van der Waals surface area contributed by atoms with Crippen LogP contribution in [0.4, 0.5) is 0 Å². The summed E-state index contributed by atoms with van der Waals surface area (Å²) in [6.45, 7) is 2.08. The highest BCUT2D eigenvalue weighted by molar-refractivity contribution is 7.99. The monoisotopic (exact) mass is 284 g/mol. The van der Waals surface area contributed by atoms with E-state index in [4.69, 9.17) is 4.42 Å². The Labute approximate surface area is 120 Å². The van der Waals surface area contributed by atoms with Crippen molar-refractivity contribution in [1.82, 2.24) is 20.2 Å². The van der Waals surface area contributed by atoms with Crippen molar-refractivity contribution in [3.05, 3.63) is 42.9 Å². The summed E-state index contributed by atoms with van der Waals surface area (Å²) >= 11 is 1.65. The van der Waals surface area contributed by atoms with Crippen LogP contribution in [0.3, 0.4) is 0 Å². The van der Waals surface area contributed by atoms with Crippen molar-refractivity contribution in [2.45, 2.75) is 11.9 Å². The van der Waals surface area contributed by atoms with Crippen molar-refractivity contribution < 1.29 is 4.42 Å². The number of hydrogen-bond donors (Lipinski definition) is 0. The van der Waals surface area contributed by atoms with Gasteiger partial charge in [0.25, 0.3) is 5.89 Å². The van der Waals surface area contributed by atoms with E-state index >= 15 is 0 Å². The highest BCUT2D eigenvalue weighted by atomic mass is 32.2. The van der Waals surface area contributed by atoms with Gasteiger partial charge in [-0.3, -0.25) is 4.98 Å². The lowest BCUT2D eigenvalue weighted by atomic mass is 10.3. The van der Waals surface area contributed by atoms with Gasteiger partial charge in [-0.1, -0.05) is 6.92 Å². The van der Waals surface area contributed by atoms with Gasteiger partial charge in [0.05, 0.1) is 11.1 Å². The third kappa shape index (κ3) is 2.55. The molecule has 3 heterocycles. The van der Waals surface area contributed by atoms with Crippen molar-refractivity contribution in [2.75, 3.05) is 5.75 Å². The van der Waals surface area contributed by atoms with Gasteiger partial charge in [-0.15, -0.1) is 22.0 Å². The summed E-state index contributed by atoms with van der Waals surface area (Å²) in [7, 11) is 0. The number of pyridine rings is 2. The molecule has 3 rings (SSSR count). The smallest absolute Gasteiger partial charge is 0.250 e. The van der Waals surface area contributed by atoms with E-state index in [0.717, 1.165) is 21.9 Å². The maximum Gasteiger partial charge on any atom is 0.250 e. The lowest BCUT2D eigenvalue weighted by molar-refractivity contribution is 0.582. The zero-order chi connectivity index (χ0) is 13.8. The minimum absolute atomic E-state index is 0.462. The molecule has 0 radical (unpaired) electrons. The SMILES string of the molecule is CCSc1ncccc1-c1nnc(-c2cccnc2)o1. The number of rotatable bonds is 4. The topological polar surface area (TPSA) is 64.7 Å². The van der Waals surface area contributed by atoms with Crippen LogP contribution in [-0.2, 0) is 0 Å². The van der Waals surface area contributed by atoms with Crippen LogP contribution in [0.2, 0.25) is 0 Å². The van der Waals surface area contributed by atoms with E-state index in [2.05, 4.69) is 27.1 Å². The third-order valence-electron chi connectivity index (χ3n) is 2.62. The van der Waals surface area contributed by atoms with E-state index in [-0.39, 0.29) is 0 Å². The molecule has 0 N–H and O–H groups in total. The maximum absolute atomic E-state index is 5.73. The van der Waals surface area contributed by atoms with E-state index in [1.807, 2.05) is 24.3 Å². The fourth-order valence-electron chi connectivity index (χ4n) is 1.74. The molecule has 0 aliphatic rings. The molecule has 5 nitrogen and oxygen atoms in total. The molecule has 20 heavy (non-hydrogen) atoms. The van der Waals surface area contributed by atoms with E-state index in [1.165, 1.54) is 0 Å². The first kappa shape index (κ1) is 12.8. The summed E-state index contributed by atoms with van der Waals surface area (Å²) in [4.78, 5) is 8.40. The van der Waals surface area contributed by atoms with Crippen molar-refractivity contribution >= 4 is 11.8 Å². The van der Waals surface area contributed by atoms with Crippen LogP contribution in [0.25, 0.3) is 22.9 Å². The van der Waals surface area contributed by atoms with Gasteiger partial charge in [-0.05, 0) is 30.0 Å². The van der Waals surface area contributed by atoms with E-state index in [9.17, 15) is 0 Å². The minimum Gasteiger partial charge on any atom is -0.416 e. The summed E-state index contributed by atoms with van der Waals surface area (Å²) < 4.78 is 5.73. The number of aromatic nitrogens is 4. The molecular weight excluding hydrogens is 272 g/mol. The van der Waals surface area contributed by atoms with Gasteiger partial charge in [0, 0.05) is 18.6 Å². The van der Waals surface area contributed by atoms with Crippen LogP contribution in [0.15, 0.2) is 52.3 Å². The first-order valence-electron chi connectivity index (χ1n) is 6.20. The van der Waals surface area contributed by atoms with Gasteiger partial charge in [0.1, 0.15) is 5.03 Å². The van der Waals surface area contributed by atoms with Gasteiger partial charge in [0.15, 0.2) is 0 Å². The van der Waals surface area contributed by atoms with E-state index in [1.54, 1.807) is 30.4 Å². The average Bonchev–Trinajstić information content (AvgIpc) is 2.99. The number of hydrogen-bond acceptors (Lipinski definition) is 6. The molecular formula is C14H12N4OS. The third-order valence-corrected chi connectivity index (χ3v) is 3.50. The molecule has 6 heteroatoms. The second kappa shape index (κ2) is 5.83. The Morgan fingerprint density at radius 2 is 1.95 bits per heavy atom. The highest BCUT2D eigenvalue weighted by Crippen LogP contribution is 2.30. The minimum atomic E-state index is 0.462. The predicted octanol–water partition coefficient (Wildman–Crippen LogP) is 3.31. The molecule has 0 saturated carbocycles. The molecule has 0 atom stereocenters. The molecule has 0 saturated heterocycles. The Balaban J connectivity index is 1.98. The van der Waals surface area contributed by atoms with Crippen LogP contribution in [0, 0.1) is 0 Å². The van der Waals surface area contributed by atoms with Crippen molar-refractivity contribution in [3.63, 3.8) is 0 Å². The first-order chi connectivity index (χ1) is 9.88. The molecule has 0 amide bonds. The van der Waals surface area contributed by atoms with Crippen LogP contribution in [0.5, 0.6) is 0 Å². The lowest BCUT2D eigenvalue weighted by Gasteiger charge is -2.02. The Morgan fingerprint density at radius 3 is 2.75 bits per heavy atom. The van der Waals surface area contributed by atoms with Gasteiger partial charge in [-0.25, -0.2) is 4.98 Å². The largest absolute Gasteiger partial charge is 0.416 e. The van der Waals surface area contributed by atoms with Crippen molar-refractivity contribution in [3.8, 4) is 22.9 Å². The van der Waals surface area contributed by atoms with E-state index < -0.39 is 0 Å². The quantitative estimate of drug-likeness (QED) is 0.685. The standard InChI is InChI=1S/C14H12N4OS/c1-2-20-14-11(6-4-8-16-14)13-18-17-12(19-13)10-5-3-7-15-9-10/h3-9H,2H2,1H3. The second-order valence-electron chi connectivity index (χ2n) is 3.94. The number of thioether (sulfide) groups is 1. The average molecular weight is 284 g/mol. The molecule has 0 bridgehead atoms. The Bertz CT molecular complexity index is 699. The Kier molecular flexibility index (Phi) is 3.73. The molecule has 0 aliphatic heterocycles. The molecule has 3 aromatic rings. The summed E-state index contributed by atoms with van der Waals surface area (Å²) in [5, 5.41) is 9.08. The van der Waals surface area contributed by atoms with Gasteiger partial charge < -0.3 is 4.42 Å². The molecule has 0 aliphatic carbocycles. The van der Waals surface area contributed by atoms with Crippen molar-refractivity contribution in [2.24, 2.45) is 0 Å². The van der Waals surface area contributed by atoms with Gasteiger partial charge in [0.2, 0.25) is 5.89 Å². The van der Waals surface area contributed by atoms with Crippen LogP contribution in [0.1, 0.15) is 6.92 Å². The summed E-state index contributed by atoms with van der Waals surface area (Å²) in [6, 6.07) is 7.52. The molecule has 0 unspecified atom stereocenters. The first-order valence-corrected chi connectivity index (χ1v) is 7.19. The molecule has 0 fully saturated rings. The molecule has 100 valence electrons. The van der Waals surface area contributed by atoms with Gasteiger partial charge >= 0.3 is 0 Å². The van der Waals surface area contributed by atoms with Crippen molar-refractivity contribution in [1.29, 1.82) is 0 Å². The van der Waals surface area contributed by atoms with Crippen LogP contribution < -0.4 is 0 Å². The predicted molar refractivity (Wildman–Crippen MR) is 77.2 cm³/mol. The molecule has 0 spiro atoms. The summed E-state index contributed by atoms with van der Waals surface area (Å²) in [6.07, 6.45) is 5.17. The maximum atomic E-state index is 5.73.